The number of hydrogen-bond donors (Lipinski definition) is 0. The van der Waals surface area contributed by atoms with Crippen LogP contribution in [0.15, 0.2) is 0 Å². The first kappa shape index (κ1) is 11.5. The molecule has 1 fully saturated rings. The SMILES string of the molecule is CC(=O)C[C@@H]1CCC[C@H](C(F)(F)F)C1. The lowest BCUT2D eigenvalue weighted by Crippen LogP contribution is -2.29. The molecule has 2 atom stereocenters. The van der Waals surface area contributed by atoms with E-state index >= 15 is 0 Å². The fourth-order valence-corrected chi connectivity index (χ4v) is 2.18. The van der Waals surface area contributed by atoms with Gasteiger partial charge in [0.25, 0.3) is 0 Å². The topological polar surface area (TPSA) is 17.1 Å². The maximum atomic E-state index is 12.4. The van der Waals surface area contributed by atoms with Crippen LogP contribution in [0.4, 0.5) is 13.2 Å². The Balaban J connectivity index is 2.48. The van der Waals surface area contributed by atoms with Crippen LogP contribution in [0.1, 0.15) is 39.0 Å². The summed E-state index contributed by atoms with van der Waals surface area (Å²) in [6.45, 7) is 1.44. The molecule has 4 heteroatoms. The summed E-state index contributed by atoms with van der Waals surface area (Å²) < 4.78 is 37.1. The van der Waals surface area contributed by atoms with Gasteiger partial charge in [0.1, 0.15) is 5.78 Å². The van der Waals surface area contributed by atoms with E-state index in [4.69, 9.17) is 0 Å². The lowest BCUT2D eigenvalue weighted by molar-refractivity contribution is -0.186. The molecular weight excluding hydrogens is 193 g/mol. The van der Waals surface area contributed by atoms with Gasteiger partial charge in [0.2, 0.25) is 0 Å². The quantitative estimate of drug-likeness (QED) is 0.680. The first-order chi connectivity index (χ1) is 6.39. The normalized spacial score (nSPS) is 28.9. The number of halogens is 3. The lowest BCUT2D eigenvalue weighted by atomic mass is 9.79. The molecule has 1 aliphatic carbocycles. The van der Waals surface area contributed by atoms with Crippen molar-refractivity contribution in [2.45, 2.75) is 45.2 Å². The Morgan fingerprint density at radius 3 is 2.50 bits per heavy atom. The van der Waals surface area contributed by atoms with E-state index in [1.54, 1.807) is 0 Å². The minimum absolute atomic E-state index is 0.00201. The third kappa shape index (κ3) is 3.31. The predicted molar refractivity (Wildman–Crippen MR) is 46.8 cm³/mol. The summed E-state index contributed by atoms with van der Waals surface area (Å²) in [6, 6.07) is 0. The summed E-state index contributed by atoms with van der Waals surface area (Å²) in [7, 11) is 0. The highest BCUT2D eigenvalue weighted by Gasteiger charge is 2.42. The van der Waals surface area contributed by atoms with Crippen LogP contribution in [0.25, 0.3) is 0 Å². The number of ketones is 1. The molecule has 0 aliphatic heterocycles. The summed E-state index contributed by atoms with van der Waals surface area (Å²) in [5, 5.41) is 0. The zero-order valence-corrected chi connectivity index (χ0v) is 8.23. The minimum Gasteiger partial charge on any atom is -0.300 e. The summed E-state index contributed by atoms with van der Waals surface area (Å²) >= 11 is 0. The number of hydrogen-bond acceptors (Lipinski definition) is 1. The number of carbonyl (C=O) groups is 1. The third-order valence-electron chi connectivity index (χ3n) is 2.82. The van der Waals surface area contributed by atoms with Gasteiger partial charge in [-0.2, -0.15) is 13.2 Å². The molecule has 1 rings (SSSR count). The van der Waals surface area contributed by atoms with Gasteiger partial charge in [0.15, 0.2) is 0 Å². The molecule has 1 nitrogen and oxygen atoms in total. The van der Waals surface area contributed by atoms with E-state index in [0.717, 1.165) is 6.42 Å². The molecule has 1 aliphatic rings. The Morgan fingerprint density at radius 2 is 2.00 bits per heavy atom. The fourth-order valence-electron chi connectivity index (χ4n) is 2.18. The molecule has 0 aromatic heterocycles. The summed E-state index contributed by atoms with van der Waals surface area (Å²) in [6.07, 6.45) is -2.02. The van der Waals surface area contributed by atoms with Crippen LogP contribution >= 0.6 is 0 Å². The Kier molecular flexibility index (Phi) is 3.56. The summed E-state index contributed by atoms with van der Waals surface area (Å²) in [5.41, 5.74) is 0. The maximum Gasteiger partial charge on any atom is 0.391 e. The molecule has 0 spiro atoms. The molecule has 0 saturated heterocycles. The van der Waals surface area contributed by atoms with Crippen LogP contribution in [0.5, 0.6) is 0 Å². The first-order valence-corrected chi connectivity index (χ1v) is 4.95. The Hall–Kier alpha value is -0.540. The van der Waals surface area contributed by atoms with Crippen molar-refractivity contribution in [1.82, 2.24) is 0 Å². The fraction of sp³-hybridized carbons (Fsp3) is 0.900. The van der Waals surface area contributed by atoms with Gasteiger partial charge >= 0.3 is 6.18 Å². The van der Waals surface area contributed by atoms with E-state index in [2.05, 4.69) is 0 Å². The molecule has 0 aromatic carbocycles. The van der Waals surface area contributed by atoms with Crippen molar-refractivity contribution in [3.05, 3.63) is 0 Å². The number of Topliss-reactive ketones (excluding diaryl/α,β-unsaturated/α-hetero) is 1. The molecular formula is C10H15F3O. The van der Waals surface area contributed by atoms with E-state index in [0.29, 0.717) is 12.8 Å². The van der Waals surface area contributed by atoms with Crippen molar-refractivity contribution in [2.24, 2.45) is 11.8 Å². The van der Waals surface area contributed by atoms with Gasteiger partial charge in [0.05, 0.1) is 5.92 Å². The van der Waals surface area contributed by atoms with Gasteiger partial charge in [-0.3, -0.25) is 0 Å². The first-order valence-electron chi connectivity index (χ1n) is 4.95. The average molecular weight is 208 g/mol. The average Bonchev–Trinajstić information content (AvgIpc) is 2.01. The zero-order valence-electron chi connectivity index (χ0n) is 8.23. The van der Waals surface area contributed by atoms with Gasteiger partial charge in [-0.15, -0.1) is 0 Å². The lowest BCUT2D eigenvalue weighted by Gasteiger charge is -2.29. The van der Waals surface area contributed by atoms with E-state index < -0.39 is 12.1 Å². The molecule has 0 N–H and O–H groups in total. The van der Waals surface area contributed by atoms with Gasteiger partial charge in [-0.25, -0.2) is 0 Å². The van der Waals surface area contributed by atoms with E-state index in [-0.39, 0.29) is 24.5 Å². The van der Waals surface area contributed by atoms with Crippen molar-refractivity contribution in [2.75, 3.05) is 0 Å². The van der Waals surface area contributed by atoms with E-state index in [9.17, 15) is 18.0 Å². The third-order valence-corrected chi connectivity index (χ3v) is 2.82. The Bertz CT molecular complexity index is 210. The van der Waals surface area contributed by atoms with Crippen LogP contribution < -0.4 is 0 Å². The smallest absolute Gasteiger partial charge is 0.300 e. The Labute approximate surface area is 81.7 Å². The highest BCUT2D eigenvalue weighted by atomic mass is 19.4. The van der Waals surface area contributed by atoms with Crippen molar-refractivity contribution < 1.29 is 18.0 Å². The van der Waals surface area contributed by atoms with Gasteiger partial charge in [-0.1, -0.05) is 6.42 Å². The monoisotopic (exact) mass is 208 g/mol. The second kappa shape index (κ2) is 4.32. The number of rotatable bonds is 2. The van der Waals surface area contributed by atoms with Crippen LogP contribution in [0.2, 0.25) is 0 Å². The summed E-state index contributed by atoms with van der Waals surface area (Å²) in [5.74, 6) is -1.23. The van der Waals surface area contributed by atoms with Crippen molar-refractivity contribution in [3.63, 3.8) is 0 Å². The standard InChI is InChI=1S/C10H15F3O/c1-7(14)5-8-3-2-4-9(6-8)10(11,12)13/h8-9H,2-6H2,1H3/t8-,9-/m0/s1. The van der Waals surface area contributed by atoms with Crippen molar-refractivity contribution in [1.29, 1.82) is 0 Å². The van der Waals surface area contributed by atoms with Crippen LogP contribution in [0, 0.1) is 11.8 Å². The molecule has 0 bridgehead atoms. The van der Waals surface area contributed by atoms with Gasteiger partial charge in [-0.05, 0) is 32.1 Å². The molecule has 0 aromatic rings. The molecule has 14 heavy (non-hydrogen) atoms. The van der Waals surface area contributed by atoms with E-state index in [1.165, 1.54) is 6.92 Å². The molecule has 0 heterocycles. The molecule has 82 valence electrons. The largest absolute Gasteiger partial charge is 0.391 e. The molecule has 0 amide bonds. The van der Waals surface area contributed by atoms with E-state index in [1.807, 2.05) is 0 Å². The highest BCUT2D eigenvalue weighted by Crippen LogP contribution is 2.40. The minimum atomic E-state index is -4.07. The maximum absolute atomic E-state index is 12.4. The van der Waals surface area contributed by atoms with Crippen molar-refractivity contribution in [3.8, 4) is 0 Å². The zero-order chi connectivity index (χ0) is 10.8. The number of alkyl halides is 3. The van der Waals surface area contributed by atoms with Gasteiger partial charge in [0, 0.05) is 6.42 Å². The second-order valence-electron chi connectivity index (χ2n) is 4.18. The summed E-state index contributed by atoms with van der Waals surface area (Å²) in [4.78, 5) is 10.8. The highest BCUT2D eigenvalue weighted by molar-refractivity contribution is 5.75. The predicted octanol–water partition coefficient (Wildman–Crippen LogP) is 3.33. The van der Waals surface area contributed by atoms with Gasteiger partial charge < -0.3 is 4.79 Å². The van der Waals surface area contributed by atoms with Crippen molar-refractivity contribution >= 4 is 5.78 Å². The number of carbonyl (C=O) groups excluding carboxylic acids is 1. The van der Waals surface area contributed by atoms with Crippen LogP contribution in [-0.2, 0) is 4.79 Å². The second-order valence-corrected chi connectivity index (χ2v) is 4.18. The van der Waals surface area contributed by atoms with Crippen LogP contribution in [0.3, 0.4) is 0 Å². The Morgan fingerprint density at radius 1 is 1.36 bits per heavy atom. The molecule has 1 saturated carbocycles. The van der Waals surface area contributed by atoms with Crippen LogP contribution in [-0.4, -0.2) is 12.0 Å². The molecule has 0 unspecified atom stereocenters. The molecule has 0 radical (unpaired) electrons.